The first-order valence-electron chi connectivity index (χ1n) is 10.8. The first-order chi connectivity index (χ1) is 15.1. The Morgan fingerprint density at radius 1 is 1.25 bits per heavy atom. The van der Waals surface area contributed by atoms with Crippen molar-refractivity contribution in [1.29, 1.82) is 0 Å². The third-order valence-electron chi connectivity index (χ3n) is 5.29. The molecule has 9 nitrogen and oxygen atoms in total. The highest BCUT2D eigenvalue weighted by Crippen LogP contribution is 2.21. The third kappa shape index (κ3) is 7.89. The minimum atomic E-state index is 0. The smallest absolute Gasteiger partial charge is 0.192 e. The van der Waals surface area contributed by atoms with Crippen molar-refractivity contribution in [3.05, 3.63) is 41.0 Å². The molecule has 178 valence electrons. The molecule has 0 spiro atoms. The normalized spacial score (nSPS) is 16.0. The van der Waals surface area contributed by atoms with Gasteiger partial charge in [0.25, 0.3) is 0 Å². The van der Waals surface area contributed by atoms with Crippen LogP contribution in [-0.4, -0.2) is 60.3 Å². The van der Waals surface area contributed by atoms with E-state index in [2.05, 4.69) is 39.9 Å². The summed E-state index contributed by atoms with van der Waals surface area (Å²) < 4.78 is 18.7. The number of methoxy groups -OCH3 is 1. The molecule has 0 amide bonds. The summed E-state index contributed by atoms with van der Waals surface area (Å²) in [6.45, 7) is 7.60. The monoisotopic (exact) mass is 558 g/mol. The number of aryl methyl sites for hydroxylation is 2. The zero-order valence-corrected chi connectivity index (χ0v) is 21.7. The second-order valence-electron chi connectivity index (χ2n) is 7.71. The Labute approximate surface area is 207 Å². The van der Waals surface area contributed by atoms with Crippen LogP contribution in [0.3, 0.4) is 0 Å². The van der Waals surface area contributed by atoms with Gasteiger partial charge in [0.15, 0.2) is 11.8 Å². The lowest BCUT2D eigenvalue weighted by molar-refractivity contribution is 0.113. The summed E-state index contributed by atoms with van der Waals surface area (Å²) in [6, 6.07) is 6.17. The van der Waals surface area contributed by atoms with E-state index in [9.17, 15) is 0 Å². The van der Waals surface area contributed by atoms with Crippen LogP contribution in [0.15, 0.2) is 23.2 Å². The molecule has 1 aliphatic heterocycles. The van der Waals surface area contributed by atoms with E-state index in [1.807, 2.05) is 24.6 Å². The van der Waals surface area contributed by atoms with E-state index >= 15 is 0 Å². The molecule has 1 aromatic heterocycles. The Bertz CT molecular complexity index is 867. The van der Waals surface area contributed by atoms with Crippen LogP contribution >= 0.6 is 24.0 Å². The van der Waals surface area contributed by atoms with Crippen molar-refractivity contribution in [2.24, 2.45) is 12.0 Å². The SMILES string of the molecule is COCCOc1cc(C)ccc1CN=C(NCc1nnc(C)n1C)NCC1CCCO1.I. The van der Waals surface area contributed by atoms with Crippen molar-refractivity contribution in [1.82, 2.24) is 25.4 Å². The lowest BCUT2D eigenvalue weighted by Gasteiger charge is -2.16. The first kappa shape index (κ1) is 26.3. The average Bonchev–Trinajstić information content (AvgIpc) is 3.39. The number of halogens is 1. The van der Waals surface area contributed by atoms with E-state index in [1.165, 1.54) is 0 Å². The number of benzene rings is 1. The van der Waals surface area contributed by atoms with Gasteiger partial charge >= 0.3 is 0 Å². The summed E-state index contributed by atoms with van der Waals surface area (Å²) in [6.07, 6.45) is 2.39. The van der Waals surface area contributed by atoms with Gasteiger partial charge in [0.05, 0.1) is 25.8 Å². The number of guanidine groups is 1. The van der Waals surface area contributed by atoms with Gasteiger partial charge in [-0.15, -0.1) is 34.2 Å². The Balaban J connectivity index is 0.00000363. The molecule has 2 heterocycles. The molecule has 1 unspecified atom stereocenters. The molecular weight excluding hydrogens is 523 g/mol. The average molecular weight is 558 g/mol. The van der Waals surface area contributed by atoms with Crippen molar-refractivity contribution in [2.75, 3.05) is 33.5 Å². The summed E-state index contributed by atoms with van der Waals surface area (Å²) in [5, 5.41) is 15.1. The van der Waals surface area contributed by atoms with Gasteiger partial charge in [0.1, 0.15) is 18.2 Å². The van der Waals surface area contributed by atoms with Crippen LogP contribution in [0.5, 0.6) is 5.75 Å². The minimum Gasteiger partial charge on any atom is -0.491 e. The van der Waals surface area contributed by atoms with Crippen LogP contribution in [0.4, 0.5) is 0 Å². The summed E-state index contributed by atoms with van der Waals surface area (Å²) in [7, 11) is 3.62. The van der Waals surface area contributed by atoms with Gasteiger partial charge in [-0.3, -0.25) is 0 Å². The molecule has 0 aliphatic carbocycles. The number of ether oxygens (including phenoxy) is 3. The van der Waals surface area contributed by atoms with Gasteiger partial charge in [0, 0.05) is 32.9 Å². The van der Waals surface area contributed by atoms with Crippen molar-refractivity contribution in [3.8, 4) is 5.75 Å². The third-order valence-corrected chi connectivity index (χ3v) is 5.29. The second kappa shape index (κ2) is 13.6. The molecular formula is C22H35IN6O3. The fraction of sp³-hybridized carbons (Fsp3) is 0.591. The standard InChI is InChI=1S/C22H34N6O3.HI/c1-16-7-8-18(20(12-16)31-11-10-29-4)13-23-22(24-14-19-6-5-9-30-19)25-15-21-27-26-17(2)28(21)3;/h7-8,12,19H,5-6,9-11,13-15H2,1-4H3,(H2,23,24,25);1H. The molecule has 10 heteroatoms. The second-order valence-corrected chi connectivity index (χ2v) is 7.71. The minimum absolute atomic E-state index is 0. The van der Waals surface area contributed by atoms with Crippen LogP contribution < -0.4 is 15.4 Å². The number of nitrogens with zero attached hydrogens (tertiary/aromatic N) is 4. The molecule has 1 atom stereocenters. The number of aliphatic imine (C=N–C) groups is 1. The van der Waals surface area contributed by atoms with E-state index in [1.54, 1.807) is 7.11 Å². The summed E-state index contributed by atoms with van der Waals surface area (Å²) >= 11 is 0. The van der Waals surface area contributed by atoms with Gasteiger partial charge in [0.2, 0.25) is 0 Å². The van der Waals surface area contributed by atoms with E-state index in [0.717, 1.165) is 54.5 Å². The maximum absolute atomic E-state index is 5.90. The molecule has 32 heavy (non-hydrogen) atoms. The highest BCUT2D eigenvalue weighted by molar-refractivity contribution is 14.0. The molecule has 3 rings (SSSR count). The summed E-state index contributed by atoms with van der Waals surface area (Å²) in [5.74, 6) is 3.27. The molecule has 1 aliphatic rings. The first-order valence-corrected chi connectivity index (χ1v) is 10.8. The number of hydrogen-bond acceptors (Lipinski definition) is 6. The molecule has 1 aromatic carbocycles. The van der Waals surface area contributed by atoms with E-state index in [-0.39, 0.29) is 30.1 Å². The Hall–Kier alpha value is -1.92. The molecule has 1 saturated heterocycles. The van der Waals surface area contributed by atoms with Crippen molar-refractivity contribution < 1.29 is 14.2 Å². The van der Waals surface area contributed by atoms with Gasteiger partial charge < -0.3 is 29.4 Å². The molecule has 0 saturated carbocycles. The topological polar surface area (TPSA) is 94.8 Å². The number of nitrogens with one attached hydrogen (secondary N) is 2. The predicted octanol–water partition coefficient (Wildman–Crippen LogP) is 2.49. The maximum atomic E-state index is 5.90. The molecule has 2 aromatic rings. The van der Waals surface area contributed by atoms with E-state index < -0.39 is 0 Å². The lowest BCUT2D eigenvalue weighted by atomic mass is 10.1. The molecule has 1 fully saturated rings. The van der Waals surface area contributed by atoms with Crippen LogP contribution in [-0.2, 0) is 29.6 Å². The number of rotatable bonds is 10. The van der Waals surface area contributed by atoms with E-state index in [0.29, 0.717) is 32.3 Å². The van der Waals surface area contributed by atoms with Crippen LogP contribution in [0.1, 0.15) is 35.6 Å². The maximum Gasteiger partial charge on any atom is 0.192 e. The van der Waals surface area contributed by atoms with Crippen LogP contribution in [0.2, 0.25) is 0 Å². The zero-order valence-electron chi connectivity index (χ0n) is 19.4. The fourth-order valence-electron chi connectivity index (χ4n) is 3.28. The molecule has 2 N–H and O–H groups in total. The van der Waals surface area contributed by atoms with Gasteiger partial charge in [-0.25, -0.2) is 4.99 Å². The van der Waals surface area contributed by atoms with Crippen molar-refractivity contribution >= 4 is 29.9 Å². The van der Waals surface area contributed by atoms with Crippen molar-refractivity contribution in [2.45, 2.75) is 45.9 Å². The van der Waals surface area contributed by atoms with E-state index in [4.69, 9.17) is 19.2 Å². The largest absolute Gasteiger partial charge is 0.491 e. The Morgan fingerprint density at radius 3 is 2.78 bits per heavy atom. The predicted molar refractivity (Wildman–Crippen MR) is 135 cm³/mol. The molecule has 0 radical (unpaired) electrons. The molecule has 0 bridgehead atoms. The lowest BCUT2D eigenvalue weighted by Crippen LogP contribution is -2.41. The van der Waals surface area contributed by atoms with Crippen LogP contribution in [0.25, 0.3) is 0 Å². The quantitative estimate of drug-likeness (QED) is 0.200. The fourth-order valence-corrected chi connectivity index (χ4v) is 3.28. The summed E-state index contributed by atoms with van der Waals surface area (Å²) in [5.41, 5.74) is 2.17. The zero-order chi connectivity index (χ0) is 22.1. The highest BCUT2D eigenvalue weighted by atomic mass is 127. The number of hydrogen-bond donors (Lipinski definition) is 2. The van der Waals surface area contributed by atoms with Gasteiger partial charge in [-0.05, 0) is 38.3 Å². The van der Waals surface area contributed by atoms with Crippen molar-refractivity contribution in [3.63, 3.8) is 0 Å². The highest BCUT2D eigenvalue weighted by Gasteiger charge is 2.16. The van der Waals surface area contributed by atoms with Gasteiger partial charge in [-0.2, -0.15) is 0 Å². The Kier molecular flexibility index (Phi) is 11.2. The number of aromatic nitrogens is 3. The van der Waals surface area contributed by atoms with Gasteiger partial charge in [-0.1, -0.05) is 12.1 Å². The van der Waals surface area contributed by atoms with Crippen LogP contribution in [0, 0.1) is 13.8 Å². The Morgan fingerprint density at radius 2 is 2.09 bits per heavy atom. The summed E-state index contributed by atoms with van der Waals surface area (Å²) in [4.78, 5) is 4.80.